The van der Waals surface area contributed by atoms with Crippen molar-refractivity contribution in [2.75, 3.05) is 5.75 Å². The maximum Gasteiger partial charge on any atom is 0.314 e. The second kappa shape index (κ2) is 6.93. The summed E-state index contributed by atoms with van der Waals surface area (Å²) in [5, 5.41) is 13.0. The molecule has 106 valence electrons. The Bertz CT molecular complexity index is 414. The Morgan fingerprint density at radius 2 is 2.16 bits per heavy atom. The summed E-state index contributed by atoms with van der Waals surface area (Å²) in [7, 11) is 0. The predicted octanol–water partition coefficient (Wildman–Crippen LogP) is 3.32. The summed E-state index contributed by atoms with van der Waals surface area (Å²) >= 11 is 1.08. The summed E-state index contributed by atoms with van der Waals surface area (Å²) in [5.41, 5.74) is 0. The van der Waals surface area contributed by atoms with Crippen LogP contribution in [0, 0.1) is 5.92 Å². The van der Waals surface area contributed by atoms with Gasteiger partial charge in [0.25, 0.3) is 5.22 Å². The summed E-state index contributed by atoms with van der Waals surface area (Å²) in [6, 6.07) is 0. The molecular formula is C13H20N2O3S. The zero-order chi connectivity index (χ0) is 13.7. The van der Waals surface area contributed by atoms with E-state index in [-0.39, 0.29) is 5.75 Å². The SMILES string of the molecule is CCCC1CCC(c2noc(SCC(=O)O)n2)CC1. The van der Waals surface area contributed by atoms with Gasteiger partial charge in [-0.3, -0.25) is 4.79 Å². The molecule has 0 aliphatic heterocycles. The van der Waals surface area contributed by atoms with E-state index < -0.39 is 5.97 Å². The molecule has 1 aliphatic carbocycles. The number of rotatable bonds is 6. The van der Waals surface area contributed by atoms with Crippen molar-refractivity contribution in [2.24, 2.45) is 5.92 Å². The maximum absolute atomic E-state index is 10.5. The Morgan fingerprint density at radius 3 is 2.79 bits per heavy atom. The molecule has 0 bridgehead atoms. The highest BCUT2D eigenvalue weighted by atomic mass is 32.2. The quantitative estimate of drug-likeness (QED) is 0.807. The van der Waals surface area contributed by atoms with E-state index in [0.717, 1.165) is 36.3 Å². The van der Waals surface area contributed by atoms with Gasteiger partial charge < -0.3 is 9.63 Å². The highest BCUT2D eigenvalue weighted by Gasteiger charge is 2.25. The first-order valence-electron chi connectivity index (χ1n) is 6.87. The standard InChI is InChI=1S/C13H20N2O3S/c1-2-3-9-4-6-10(7-5-9)12-14-13(18-15-12)19-8-11(16)17/h9-10H,2-8H2,1H3,(H,16,17). The van der Waals surface area contributed by atoms with Crippen LogP contribution in [0.5, 0.6) is 0 Å². The summed E-state index contributed by atoms with van der Waals surface area (Å²) in [4.78, 5) is 14.8. The molecule has 6 heteroatoms. The normalized spacial score (nSPS) is 23.4. The van der Waals surface area contributed by atoms with Gasteiger partial charge >= 0.3 is 5.97 Å². The zero-order valence-corrected chi connectivity index (χ0v) is 12.0. The molecular weight excluding hydrogens is 264 g/mol. The van der Waals surface area contributed by atoms with E-state index in [1.165, 1.54) is 25.7 Å². The van der Waals surface area contributed by atoms with Gasteiger partial charge in [0, 0.05) is 5.92 Å². The van der Waals surface area contributed by atoms with Crippen molar-refractivity contribution in [1.82, 2.24) is 10.1 Å². The first-order valence-corrected chi connectivity index (χ1v) is 7.85. The van der Waals surface area contributed by atoms with Gasteiger partial charge in [0.1, 0.15) is 5.75 Å². The molecule has 0 unspecified atom stereocenters. The van der Waals surface area contributed by atoms with E-state index in [4.69, 9.17) is 9.63 Å². The molecule has 1 N–H and O–H groups in total. The number of carboxylic acid groups (broad SMARTS) is 1. The third-order valence-corrected chi connectivity index (χ3v) is 4.46. The fraction of sp³-hybridized carbons (Fsp3) is 0.769. The average Bonchev–Trinajstić information content (AvgIpc) is 2.86. The monoisotopic (exact) mass is 284 g/mol. The Kier molecular flexibility index (Phi) is 5.24. The van der Waals surface area contributed by atoms with Gasteiger partial charge in [-0.15, -0.1) is 0 Å². The number of hydrogen-bond donors (Lipinski definition) is 1. The Morgan fingerprint density at radius 1 is 1.42 bits per heavy atom. The molecule has 5 nitrogen and oxygen atoms in total. The van der Waals surface area contributed by atoms with Crippen molar-refractivity contribution in [1.29, 1.82) is 0 Å². The molecule has 19 heavy (non-hydrogen) atoms. The first kappa shape index (κ1) is 14.4. The van der Waals surface area contributed by atoms with Crippen LogP contribution in [0.4, 0.5) is 0 Å². The topological polar surface area (TPSA) is 76.2 Å². The molecule has 0 amide bonds. The number of carboxylic acids is 1. The molecule has 1 saturated carbocycles. The van der Waals surface area contributed by atoms with Gasteiger partial charge in [0.15, 0.2) is 5.82 Å². The van der Waals surface area contributed by atoms with Gasteiger partial charge in [-0.05, 0) is 31.6 Å². The Hall–Kier alpha value is -1.04. The minimum atomic E-state index is -0.871. The van der Waals surface area contributed by atoms with Gasteiger partial charge in [-0.25, -0.2) is 0 Å². The first-order chi connectivity index (χ1) is 9.19. The largest absolute Gasteiger partial charge is 0.481 e. The Labute approximate surface area is 117 Å². The summed E-state index contributed by atoms with van der Waals surface area (Å²) in [6.45, 7) is 2.23. The third-order valence-electron chi connectivity index (χ3n) is 3.65. The maximum atomic E-state index is 10.5. The fourth-order valence-electron chi connectivity index (χ4n) is 2.69. The molecule has 0 spiro atoms. The van der Waals surface area contributed by atoms with Gasteiger partial charge in [-0.1, -0.05) is 36.7 Å². The molecule has 1 heterocycles. The molecule has 1 aromatic rings. The lowest BCUT2D eigenvalue weighted by Crippen LogP contribution is -2.14. The summed E-state index contributed by atoms with van der Waals surface area (Å²) in [5.74, 6) is 1.09. The van der Waals surface area contributed by atoms with E-state index in [9.17, 15) is 4.79 Å². The van der Waals surface area contributed by atoms with Crippen LogP contribution >= 0.6 is 11.8 Å². The molecule has 1 aromatic heterocycles. The number of carbonyl (C=O) groups is 1. The minimum absolute atomic E-state index is 0.0368. The van der Waals surface area contributed by atoms with Crippen LogP contribution in [0.1, 0.15) is 57.2 Å². The van der Waals surface area contributed by atoms with Gasteiger partial charge in [0.2, 0.25) is 0 Å². The molecule has 0 radical (unpaired) electrons. The van der Waals surface area contributed by atoms with Crippen molar-refractivity contribution in [2.45, 2.75) is 56.6 Å². The van der Waals surface area contributed by atoms with Crippen molar-refractivity contribution in [3.8, 4) is 0 Å². The summed E-state index contributed by atoms with van der Waals surface area (Å²) in [6.07, 6.45) is 7.29. The molecule has 0 aromatic carbocycles. The number of thioether (sulfide) groups is 1. The average molecular weight is 284 g/mol. The number of hydrogen-bond acceptors (Lipinski definition) is 5. The van der Waals surface area contributed by atoms with Crippen LogP contribution < -0.4 is 0 Å². The molecule has 2 rings (SSSR count). The van der Waals surface area contributed by atoms with Crippen molar-refractivity contribution in [3.05, 3.63) is 5.82 Å². The van der Waals surface area contributed by atoms with Crippen LogP contribution in [-0.4, -0.2) is 27.0 Å². The van der Waals surface area contributed by atoms with Crippen LogP contribution in [0.3, 0.4) is 0 Å². The fourth-order valence-corrected chi connectivity index (χ4v) is 3.18. The zero-order valence-electron chi connectivity index (χ0n) is 11.2. The lowest BCUT2D eigenvalue weighted by atomic mass is 9.80. The van der Waals surface area contributed by atoms with Crippen LogP contribution in [0.2, 0.25) is 0 Å². The van der Waals surface area contributed by atoms with Crippen molar-refractivity contribution >= 4 is 17.7 Å². The van der Waals surface area contributed by atoms with E-state index in [2.05, 4.69) is 17.1 Å². The van der Waals surface area contributed by atoms with Gasteiger partial charge in [-0.2, -0.15) is 4.98 Å². The number of aromatic nitrogens is 2. The smallest absolute Gasteiger partial charge is 0.314 e. The van der Waals surface area contributed by atoms with Crippen LogP contribution in [0.15, 0.2) is 9.75 Å². The lowest BCUT2D eigenvalue weighted by Gasteiger charge is -2.26. The second-order valence-electron chi connectivity index (χ2n) is 5.11. The molecule has 0 saturated heterocycles. The third kappa shape index (κ3) is 4.23. The van der Waals surface area contributed by atoms with Crippen molar-refractivity contribution in [3.63, 3.8) is 0 Å². The predicted molar refractivity (Wildman–Crippen MR) is 72.3 cm³/mol. The van der Waals surface area contributed by atoms with E-state index in [0.29, 0.717) is 11.1 Å². The van der Waals surface area contributed by atoms with Crippen LogP contribution in [0.25, 0.3) is 0 Å². The highest BCUT2D eigenvalue weighted by molar-refractivity contribution is 7.99. The number of aliphatic carboxylic acids is 1. The Balaban J connectivity index is 1.84. The lowest BCUT2D eigenvalue weighted by molar-refractivity contribution is -0.133. The highest BCUT2D eigenvalue weighted by Crippen LogP contribution is 2.36. The van der Waals surface area contributed by atoms with E-state index >= 15 is 0 Å². The summed E-state index contributed by atoms with van der Waals surface area (Å²) < 4.78 is 5.08. The molecule has 0 atom stereocenters. The van der Waals surface area contributed by atoms with Gasteiger partial charge in [0.05, 0.1) is 0 Å². The van der Waals surface area contributed by atoms with E-state index in [1.54, 1.807) is 0 Å². The van der Waals surface area contributed by atoms with E-state index in [1.807, 2.05) is 0 Å². The van der Waals surface area contributed by atoms with Crippen LogP contribution in [-0.2, 0) is 4.79 Å². The minimum Gasteiger partial charge on any atom is -0.481 e. The second-order valence-corrected chi connectivity index (χ2v) is 6.03. The molecule has 1 fully saturated rings. The van der Waals surface area contributed by atoms with Crippen molar-refractivity contribution < 1.29 is 14.4 Å². The number of nitrogens with zero attached hydrogens (tertiary/aromatic N) is 2. The molecule has 1 aliphatic rings.